The molecule has 2 aliphatic carbocycles. The van der Waals surface area contributed by atoms with E-state index < -0.39 is 0 Å². The predicted octanol–water partition coefficient (Wildman–Crippen LogP) is 0.859. The van der Waals surface area contributed by atoms with Crippen molar-refractivity contribution in [2.45, 2.75) is 12.5 Å². The van der Waals surface area contributed by atoms with Crippen LogP contribution in [0, 0.1) is 17.8 Å². The molecule has 0 unspecified atom stereocenters. The quantitative estimate of drug-likeness (QED) is 0.420. The van der Waals surface area contributed by atoms with Gasteiger partial charge in [0.1, 0.15) is 6.10 Å². The smallest absolute Gasteiger partial charge is 0.314 e. The molecule has 1 heterocycles. The van der Waals surface area contributed by atoms with Crippen LogP contribution in [-0.2, 0) is 14.3 Å². The lowest BCUT2D eigenvalue weighted by Gasteiger charge is -2.42. The largest absolute Gasteiger partial charge is 0.457 e. The van der Waals surface area contributed by atoms with Gasteiger partial charge in [-0.15, -0.1) is 0 Å². The van der Waals surface area contributed by atoms with E-state index in [0.717, 1.165) is 6.42 Å². The van der Waals surface area contributed by atoms with Crippen molar-refractivity contribution in [2.75, 3.05) is 0 Å². The molecule has 3 rings (SSSR count). The van der Waals surface area contributed by atoms with Crippen molar-refractivity contribution < 1.29 is 14.3 Å². The first kappa shape index (κ1) is 7.97. The lowest BCUT2D eigenvalue weighted by atomic mass is 9.67. The number of carbonyl (C=O) groups excluding carboxylic acids is 2. The van der Waals surface area contributed by atoms with Crippen molar-refractivity contribution in [3.05, 3.63) is 24.3 Å². The van der Waals surface area contributed by atoms with Gasteiger partial charge in [-0.25, -0.2) is 0 Å². The molecule has 0 radical (unpaired) electrons. The Balaban J connectivity index is 2.12. The fourth-order valence-corrected chi connectivity index (χ4v) is 2.65. The lowest BCUT2D eigenvalue weighted by Crippen LogP contribution is -2.50. The van der Waals surface area contributed by atoms with Crippen LogP contribution in [0.1, 0.15) is 6.42 Å². The molecule has 0 N–H and O–H groups in total. The average Bonchev–Trinajstić information content (AvgIpc) is 2.19. The number of allylic oxidation sites excluding steroid dienone is 2. The third-order valence-electron chi connectivity index (χ3n) is 3.32. The van der Waals surface area contributed by atoms with Crippen molar-refractivity contribution in [3.8, 4) is 0 Å². The van der Waals surface area contributed by atoms with Gasteiger partial charge in [-0.1, -0.05) is 12.2 Å². The molecule has 3 aliphatic rings. The summed E-state index contributed by atoms with van der Waals surface area (Å²) in [7, 11) is 0. The summed E-state index contributed by atoms with van der Waals surface area (Å²) in [5, 5.41) is 0. The minimum atomic E-state index is -0.331. The maximum atomic E-state index is 11.6. The van der Waals surface area contributed by atoms with Gasteiger partial charge in [0.15, 0.2) is 5.78 Å². The van der Waals surface area contributed by atoms with Crippen molar-refractivity contribution in [1.29, 1.82) is 0 Å². The zero-order valence-corrected chi connectivity index (χ0v) is 7.55. The third kappa shape index (κ3) is 0.870. The molecule has 14 heavy (non-hydrogen) atoms. The van der Waals surface area contributed by atoms with E-state index in [4.69, 9.17) is 4.74 Å². The Morgan fingerprint density at radius 1 is 1.29 bits per heavy atom. The summed E-state index contributed by atoms with van der Waals surface area (Å²) < 4.78 is 5.24. The Bertz CT molecular complexity index is 367. The van der Waals surface area contributed by atoms with Crippen LogP contribution in [0.5, 0.6) is 0 Å². The minimum absolute atomic E-state index is 0.0808. The zero-order valence-electron chi connectivity index (χ0n) is 7.55. The molecule has 4 atom stereocenters. The second-order valence-corrected chi connectivity index (χ2v) is 4.04. The number of esters is 1. The first-order valence-corrected chi connectivity index (χ1v) is 4.86. The molecule has 0 aromatic rings. The molecule has 0 aromatic carbocycles. The summed E-state index contributed by atoms with van der Waals surface area (Å²) in [5.74, 6) is -0.471. The third-order valence-corrected chi connectivity index (χ3v) is 3.32. The molecule has 72 valence electrons. The summed E-state index contributed by atoms with van der Waals surface area (Å²) in [6, 6.07) is 0. The van der Waals surface area contributed by atoms with Gasteiger partial charge >= 0.3 is 5.97 Å². The van der Waals surface area contributed by atoms with E-state index in [2.05, 4.69) is 0 Å². The molecule has 0 amide bonds. The minimum Gasteiger partial charge on any atom is -0.457 e. The summed E-state index contributed by atoms with van der Waals surface area (Å²) in [5.41, 5.74) is 0. The highest BCUT2D eigenvalue weighted by atomic mass is 16.5. The van der Waals surface area contributed by atoms with Crippen molar-refractivity contribution >= 4 is 11.8 Å². The van der Waals surface area contributed by atoms with E-state index in [1.54, 1.807) is 12.2 Å². The van der Waals surface area contributed by atoms with Gasteiger partial charge in [-0.2, -0.15) is 0 Å². The number of ketones is 1. The molecule has 3 heteroatoms. The Hall–Kier alpha value is -1.38. The molecule has 1 aliphatic heterocycles. The molecule has 1 saturated heterocycles. The maximum absolute atomic E-state index is 11.6. The maximum Gasteiger partial charge on any atom is 0.314 e. The van der Waals surface area contributed by atoms with Crippen LogP contribution < -0.4 is 0 Å². The van der Waals surface area contributed by atoms with E-state index in [-0.39, 0.29) is 35.6 Å². The first-order valence-electron chi connectivity index (χ1n) is 4.86. The molecule has 3 nitrogen and oxygen atoms in total. The molecular weight excluding hydrogens is 180 g/mol. The Morgan fingerprint density at radius 3 is 3.00 bits per heavy atom. The lowest BCUT2D eigenvalue weighted by molar-refractivity contribution is -0.169. The molecule has 1 fully saturated rings. The highest BCUT2D eigenvalue weighted by Gasteiger charge is 2.49. The van der Waals surface area contributed by atoms with Gasteiger partial charge in [0, 0.05) is 11.8 Å². The van der Waals surface area contributed by atoms with Gasteiger partial charge in [-0.05, 0) is 18.6 Å². The fraction of sp³-hybridized carbons (Fsp3) is 0.455. The second-order valence-electron chi connectivity index (χ2n) is 4.04. The van der Waals surface area contributed by atoms with E-state index in [9.17, 15) is 9.59 Å². The molecule has 0 spiro atoms. The summed E-state index contributed by atoms with van der Waals surface area (Å²) >= 11 is 0. The van der Waals surface area contributed by atoms with Crippen LogP contribution in [0.25, 0.3) is 0 Å². The van der Waals surface area contributed by atoms with Gasteiger partial charge in [0.2, 0.25) is 0 Å². The molecule has 0 aromatic heterocycles. The van der Waals surface area contributed by atoms with Crippen molar-refractivity contribution in [3.63, 3.8) is 0 Å². The van der Waals surface area contributed by atoms with Crippen LogP contribution >= 0.6 is 0 Å². The SMILES string of the molecule is O=C1C=C[C@H]2OC(=O)[C@H]3C=CC[C@@H]2[C@@H]13. The van der Waals surface area contributed by atoms with Gasteiger partial charge in [0.25, 0.3) is 0 Å². The normalized spacial score (nSPS) is 43.7. The first-order chi connectivity index (χ1) is 6.77. The fourth-order valence-electron chi connectivity index (χ4n) is 2.65. The van der Waals surface area contributed by atoms with Gasteiger partial charge < -0.3 is 4.74 Å². The van der Waals surface area contributed by atoms with Crippen LogP contribution in [-0.4, -0.2) is 17.9 Å². The second kappa shape index (κ2) is 2.56. The number of ether oxygens (including phenoxy) is 1. The van der Waals surface area contributed by atoms with E-state index in [1.807, 2.05) is 12.2 Å². The van der Waals surface area contributed by atoms with Gasteiger partial charge in [-0.3, -0.25) is 9.59 Å². The van der Waals surface area contributed by atoms with E-state index in [0.29, 0.717) is 0 Å². The number of hydrogen-bond acceptors (Lipinski definition) is 3. The highest BCUT2D eigenvalue weighted by Crippen LogP contribution is 2.42. The summed E-state index contributed by atoms with van der Waals surface area (Å²) in [6.45, 7) is 0. The molecular formula is C11H10O3. The Kier molecular flexibility index (Phi) is 1.46. The number of carbonyl (C=O) groups is 2. The van der Waals surface area contributed by atoms with Crippen LogP contribution in [0.2, 0.25) is 0 Å². The summed E-state index contributed by atoms with van der Waals surface area (Å²) in [4.78, 5) is 23.1. The number of rotatable bonds is 0. The molecule has 0 saturated carbocycles. The van der Waals surface area contributed by atoms with Crippen molar-refractivity contribution in [2.24, 2.45) is 17.8 Å². The topological polar surface area (TPSA) is 43.4 Å². The Labute approximate surface area is 81.4 Å². The molecule has 4 bridgehead atoms. The highest BCUT2D eigenvalue weighted by molar-refractivity contribution is 5.98. The van der Waals surface area contributed by atoms with Crippen LogP contribution in [0.3, 0.4) is 0 Å². The predicted molar refractivity (Wildman–Crippen MR) is 48.3 cm³/mol. The zero-order chi connectivity index (χ0) is 9.71. The van der Waals surface area contributed by atoms with Crippen LogP contribution in [0.15, 0.2) is 24.3 Å². The van der Waals surface area contributed by atoms with Crippen LogP contribution in [0.4, 0.5) is 0 Å². The van der Waals surface area contributed by atoms with Crippen molar-refractivity contribution in [1.82, 2.24) is 0 Å². The summed E-state index contributed by atoms with van der Waals surface area (Å²) in [6.07, 6.45) is 7.75. The number of hydrogen-bond donors (Lipinski definition) is 0. The monoisotopic (exact) mass is 190 g/mol. The average molecular weight is 190 g/mol. The Morgan fingerprint density at radius 2 is 2.14 bits per heavy atom. The van der Waals surface area contributed by atoms with Gasteiger partial charge in [0.05, 0.1) is 5.92 Å². The van der Waals surface area contributed by atoms with E-state index >= 15 is 0 Å². The van der Waals surface area contributed by atoms with E-state index in [1.165, 1.54) is 0 Å². The standard InChI is InChI=1S/C11H10O3/c12-8-4-5-9-6-2-1-3-7(10(6)8)11(13)14-9/h1,3-7,9-10H,2H2/t6-,7-,9+,10+/m0/s1.